The van der Waals surface area contributed by atoms with Gasteiger partial charge in [-0.25, -0.2) is 4.98 Å². The number of benzene rings is 1. The van der Waals surface area contributed by atoms with E-state index in [4.69, 9.17) is 9.72 Å². The average molecular weight is 375 g/mol. The van der Waals surface area contributed by atoms with Crippen LogP contribution in [0.4, 0.5) is 11.6 Å². The third-order valence-electron chi connectivity index (χ3n) is 4.45. The maximum atomic E-state index is 5.41. The van der Waals surface area contributed by atoms with E-state index in [0.717, 1.165) is 61.9 Å². The lowest BCUT2D eigenvalue weighted by Crippen LogP contribution is -2.37. The van der Waals surface area contributed by atoms with Gasteiger partial charge in [-0.15, -0.1) is 0 Å². The van der Waals surface area contributed by atoms with Crippen LogP contribution >= 0.6 is 15.9 Å². The first kappa shape index (κ1) is 14.9. The van der Waals surface area contributed by atoms with Crippen LogP contribution in [0.1, 0.15) is 11.1 Å². The molecule has 0 saturated carbocycles. The molecule has 5 nitrogen and oxygen atoms in total. The minimum atomic E-state index is 0.762. The molecule has 0 amide bonds. The fourth-order valence-electron chi connectivity index (χ4n) is 3.16. The number of rotatable bonds is 2. The van der Waals surface area contributed by atoms with E-state index in [2.05, 4.69) is 48.9 Å². The zero-order valence-electron chi connectivity index (χ0n) is 12.9. The number of hydrogen-bond donors (Lipinski definition) is 0. The summed E-state index contributed by atoms with van der Waals surface area (Å²) in [7, 11) is 0. The smallest absolute Gasteiger partial charge is 0.149 e. The molecule has 0 N–H and O–H groups in total. The molecule has 0 radical (unpaired) electrons. The zero-order chi connectivity index (χ0) is 15.6. The summed E-state index contributed by atoms with van der Waals surface area (Å²) in [6, 6.07) is 6.53. The molecular formula is C17H19BrN4O. The van der Waals surface area contributed by atoms with Crippen LogP contribution in [0.25, 0.3) is 0 Å². The van der Waals surface area contributed by atoms with Crippen molar-refractivity contribution in [3.05, 3.63) is 46.2 Å². The maximum absolute atomic E-state index is 5.41. The Balaban J connectivity index is 1.55. The Morgan fingerprint density at radius 1 is 0.957 bits per heavy atom. The number of hydrogen-bond acceptors (Lipinski definition) is 5. The third kappa shape index (κ3) is 3.19. The Bertz CT molecular complexity index is 703. The van der Waals surface area contributed by atoms with Gasteiger partial charge in [0.15, 0.2) is 0 Å². The minimum absolute atomic E-state index is 0.762. The third-order valence-corrected chi connectivity index (χ3v) is 4.94. The molecule has 23 heavy (non-hydrogen) atoms. The van der Waals surface area contributed by atoms with Crippen molar-refractivity contribution in [1.29, 1.82) is 0 Å². The number of morpholine rings is 1. The summed E-state index contributed by atoms with van der Waals surface area (Å²) in [5.41, 5.74) is 2.80. The SMILES string of the molecule is Brc1ccc2c(c1)CCN(c1cncc(N3CCOCC3)n1)C2. The predicted octanol–water partition coefficient (Wildman–Crippen LogP) is 2.64. The van der Waals surface area contributed by atoms with Crippen molar-refractivity contribution < 1.29 is 4.74 Å². The molecule has 0 bridgehead atoms. The van der Waals surface area contributed by atoms with E-state index in [1.807, 2.05) is 12.4 Å². The van der Waals surface area contributed by atoms with Crippen LogP contribution in [0.3, 0.4) is 0 Å². The summed E-state index contributed by atoms with van der Waals surface area (Å²) in [4.78, 5) is 13.8. The van der Waals surface area contributed by atoms with Crippen molar-refractivity contribution in [2.45, 2.75) is 13.0 Å². The second-order valence-corrected chi connectivity index (χ2v) is 6.84. The molecule has 1 aromatic heterocycles. The number of halogens is 1. The number of fused-ring (bicyclic) bond motifs is 1. The molecule has 1 fully saturated rings. The number of ether oxygens (including phenoxy) is 1. The normalized spacial score (nSPS) is 18.0. The lowest BCUT2D eigenvalue weighted by Gasteiger charge is -2.31. The molecule has 4 rings (SSSR count). The summed E-state index contributed by atoms with van der Waals surface area (Å²) in [5.74, 6) is 1.91. The van der Waals surface area contributed by atoms with Crippen LogP contribution in [0.5, 0.6) is 0 Å². The topological polar surface area (TPSA) is 41.5 Å². The van der Waals surface area contributed by atoms with Crippen molar-refractivity contribution in [2.75, 3.05) is 42.6 Å². The van der Waals surface area contributed by atoms with Gasteiger partial charge in [-0.05, 0) is 29.7 Å². The van der Waals surface area contributed by atoms with E-state index in [1.165, 1.54) is 11.1 Å². The van der Waals surface area contributed by atoms with E-state index >= 15 is 0 Å². The fraction of sp³-hybridized carbons (Fsp3) is 0.412. The van der Waals surface area contributed by atoms with Gasteiger partial charge in [-0.1, -0.05) is 22.0 Å². The van der Waals surface area contributed by atoms with E-state index < -0.39 is 0 Å². The van der Waals surface area contributed by atoms with Gasteiger partial charge in [0, 0.05) is 30.7 Å². The molecule has 0 atom stereocenters. The van der Waals surface area contributed by atoms with Gasteiger partial charge in [-0.3, -0.25) is 4.98 Å². The number of aromatic nitrogens is 2. The van der Waals surface area contributed by atoms with Gasteiger partial charge >= 0.3 is 0 Å². The first-order valence-electron chi connectivity index (χ1n) is 7.96. The van der Waals surface area contributed by atoms with Crippen molar-refractivity contribution in [3.63, 3.8) is 0 Å². The van der Waals surface area contributed by atoms with Crippen molar-refractivity contribution in [2.24, 2.45) is 0 Å². The van der Waals surface area contributed by atoms with Gasteiger partial charge < -0.3 is 14.5 Å². The van der Waals surface area contributed by atoms with Gasteiger partial charge in [0.1, 0.15) is 11.6 Å². The van der Waals surface area contributed by atoms with Gasteiger partial charge in [0.25, 0.3) is 0 Å². The largest absolute Gasteiger partial charge is 0.378 e. The van der Waals surface area contributed by atoms with Gasteiger partial charge in [-0.2, -0.15) is 0 Å². The summed E-state index contributed by atoms with van der Waals surface area (Å²) >= 11 is 3.55. The predicted molar refractivity (Wildman–Crippen MR) is 94.0 cm³/mol. The van der Waals surface area contributed by atoms with Crippen molar-refractivity contribution in [1.82, 2.24) is 9.97 Å². The highest BCUT2D eigenvalue weighted by Gasteiger charge is 2.19. The van der Waals surface area contributed by atoms with Crippen molar-refractivity contribution in [3.8, 4) is 0 Å². The molecule has 0 spiro atoms. The van der Waals surface area contributed by atoms with Crippen LogP contribution in [-0.2, 0) is 17.7 Å². The van der Waals surface area contributed by atoms with Crippen molar-refractivity contribution >= 4 is 27.6 Å². The maximum Gasteiger partial charge on any atom is 0.149 e. The first-order chi connectivity index (χ1) is 11.3. The van der Waals surface area contributed by atoms with Gasteiger partial charge in [0.2, 0.25) is 0 Å². The second kappa shape index (κ2) is 6.45. The average Bonchev–Trinajstić information content (AvgIpc) is 2.62. The lowest BCUT2D eigenvalue weighted by atomic mass is 10.00. The fourth-order valence-corrected chi connectivity index (χ4v) is 3.57. The highest BCUT2D eigenvalue weighted by molar-refractivity contribution is 9.10. The molecule has 0 unspecified atom stereocenters. The quantitative estimate of drug-likeness (QED) is 0.807. The number of nitrogens with zero attached hydrogens (tertiary/aromatic N) is 4. The van der Waals surface area contributed by atoms with Crippen LogP contribution in [0, 0.1) is 0 Å². The Kier molecular flexibility index (Phi) is 4.18. The molecule has 2 aliphatic heterocycles. The lowest BCUT2D eigenvalue weighted by molar-refractivity contribution is 0.122. The Morgan fingerprint density at radius 3 is 2.57 bits per heavy atom. The molecule has 2 aliphatic rings. The van der Waals surface area contributed by atoms with E-state index in [1.54, 1.807) is 0 Å². The van der Waals surface area contributed by atoms with Crippen LogP contribution < -0.4 is 9.80 Å². The van der Waals surface area contributed by atoms with Crippen LogP contribution in [0.15, 0.2) is 35.1 Å². The molecule has 0 aliphatic carbocycles. The first-order valence-corrected chi connectivity index (χ1v) is 8.76. The Labute approximate surface area is 144 Å². The molecule has 6 heteroatoms. The Morgan fingerprint density at radius 2 is 1.74 bits per heavy atom. The van der Waals surface area contributed by atoms with Crippen LogP contribution in [0.2, 0.25) is 0 Å². The Hall–Kier alpha value is -1.66. The van der Waals surface area contributed by atoms with Gasteiger partial charge in [0.05, 0.1) is 25.6 Å². The molecule has 1 aromatic carbocycles. The van der Waals surface area contributed by atoms with Crippen LogP contribution in [-0.4, -0.2) is 42.8 Å². The number of anilines is 2. The molecule has 2 aromatic rings. The van der Waals surface area contributed by atoms with E-state index in [9.17, 15) is 0 Å². The minimum Gasteiger partial charge on any atom is -0.378 e. The summed E-state index contributed by atoms with van der Waals surface area (Å²) in [5, 5.41) is 0. The summed E-state index contributed by atoms with van der Waals surface area (Å²) in [6.07, 6.45) is 4.76. The highest BCUT2D eigenvalue weighted by Crippen LogP contribution is 2.26. The summed E-state index contributed by atoms with van der Waals surface area (Å²) < 4.78 is 6.56. The molecule has 3 heterocycles. The zero-order valence-corrected chi connectivity index (χ0v) is 14.5. The monoisotopic (exact) mass is 374 g/mol. The standard InChI is InChI=1S/C17H19BrN4O/c18-15-2-1-14-12-22(4-3-13(14)9-15)17-11-19-10-16(20-17)21-5-7-23-8-6-21/h1-2,9-11H,3-8,12H2. The second-order valence-electron chi connectivity index (χ2n) is 5.92. The summed E-state index contributed by atoms with van der Waals surface area (Å²) in [6.45, 7) is 5.16. The highest BCUT2D eigenvalue weighted by atomic mass is 79.9. The molecular weight excluding hydrogens is 356 g/mol. The van der Waals surface area contributed by atoms with E-state index in [-0.39, 0.29) is 0 Å². The van der Waals surface area contributed by atoms with E-state index in [0.29, 0.717) is 0 Å². The molecule has 1 saturated heterocycles. The molecule has 120 valence electrons.